The Hall–Kier alpha value is -2.71. The van der Waals surface area contributed by atoms with Crippen molar-refractivity contribution in [2.24, 2.45) is 0 Å². The fourth-order valence-corrected chi connectivity index (χ4v) is 4.41. The first kappa shape index (κ1) is 26.5. The standard InChI is InChI=1S/C25H35N3O4S/c1-6-20(3)26-25(30)21(4)28(17-16-22-10-8-7-9-11-22)24(29)18-27(5)33(31,32)23-14-12-19(2)13-15-23/h7-15,20-21H,6,16-18H2,1-5H3,(H,26,30)/t20-,21+/m1/s1. The summed E-state index contributed by atoms with van der Waals surface area (Å²) in [6, 6.07) is 15.4. The predicted molar refractivity (Wildman–Crippen MR) is 130 cm³/mol. The van der Waals surface area contributed by atoms with Crippen LogP contribution in [-0.4, -0.2) is 61.7 Å². The molecule has 2 amide bonds. The molecule has 2 atom stereocenters. The van der Waals surface area contributed by atoms with Crippen molar-refractivity contribution in [3.8, 4) is 0 Å². The molecule has 2 aromatic rings. The maximum atomic E-state index is 13.2. The minimum atomic E-state index is -3.84. The number of hydrogen-bond donors (Lipinski definition) is 1. The average Bonchev–Trinajstić information content (AvgIpc) is 2.79. The number of benzene rings is 2. The molecule has 0 aliphatic rings. The number of sulfonamides is 1. The average molecular weight is 474 g/mol. The van der Waals surface area contributed by atoms with E-state index < -0.39 is 22.0 Å². The molecule has 0 spiro atoms. The van der Waals surface area contributed by atoms with E-state index in [-0.39, 0.29) is 23.4 Å². The molecule has 0 heterocycles. The van der Waals surface area contributed by atoms with Crippen LogP contribution in [0.1, 0.15) is 38.3 Å². The van der Waals surface area contributed by atoms with Crippen LogP contribution in [0.15, 0.2) is 59.5 Å². The van der Waals surface area contributed by atoms with Crippen molar-refractivity contribution < 1.29 is 18.0 Å². The molecule has 7 nitrogen and oxygen atoms in total. The van der Waals surface area contributed by atoms with Gasteiger partial charge in [0, 0.05) is 19.6 Å². The Morgan fingerprint density at radius 2 is 1.61 bits per heavy atom. The predicted octanol–water partition coefficient (Wildman–Crippen LogP) is 2.99. The quantitative estimate of drug-likeness (QED) is 0.544. The second-order valence-electron chi connectivity index (χ2n) is 8.39. The number of hydrogen-bond acceptors (Lipinski definition) is 4. The minimum Gasteiger partial charge on any atom is -0.352 e. The third-order valence-corrected chi connectivity index (χ3v) is 7.56. The Labute approximate surface area is 197 Å². The van der Waals surface area contributed by atoms with Crippen LogP contribution in [-0.2, 0) is 26.0 Å². The molecule has 33 heavy (non-hydrogen) atoms. The lowest BCUT2D eigenvalue weighted by Crippen LogP contribution is -2.52. The van der Waals surface area contributed by atoms with E-state index in [1.807, 2.05) is 51.1 Å². The van der Waals surface area contributed by atoms with E-state index in [0.29, 0.717) is 13.0 Å². The van der Waals surface area contributed by atoms with Gasteiger partial charge >= 0.3 is 0 Å². The molecule has 0 aliphatic carbocycles. The molecule has 0 fully saturated rings. The summed E-state index contributed by atoms with van der Waals surface area (Å²) in [5.41, 5.74) is 1.98. The molecule has 0 saturated heterocycles. The van der Waals surface area contributed by atoms with Gasteiger partial charge in [-0.15, -0.1) is 0 Å². The highest BCUT2D eigenvalue weighted by atomic mass is 32.2. The maximum absolute atomic E-state index is 13.2. The minimum absolute atomic E-state index is 0.0179. The van der Waals surface area contributed by atoms with Crippen molar-refractivity contribution in [2.75, 3.05) is 20.1 Å². The Balaban J connectivity index is 2.20. The molecule has 2 aromatic carbocycles. The molecular formula is C25H35N3O4S. The van der Waals surface area contributed by atoms with E-state index >= 15 is 0 Å². The monoisotopic (exact) mass is 473 g/mol. The molecule has 0 aromatic heterocycles. The van der Waals surface area contributed by atoms with Crippen molar-refractivity contribution in [1.29, 1.82) is 0 Å². The molecule has 180 valence electrons. The second kappa shape index (κ2) is 12.0. The SMILES string of the molecule is CC[C@@H](C)NC(=O)[C@H](C)N(CCc1ccccc1)C(=O)CN(C)S(=O)(=O)c1ccc(C)cc1. The Bertz CT molecular complexity index is 1020. The Morgan fingerprint density at radius 1 is 1.00 bits per heavy atom. The molecule has 2 rings (SSSR count). The van der Waals surface area contributed by atoms with Crippen molar-refractivity contribution in [3.05, 3.63) is 65.7 Å². The zero-order valence-electron chi connectivity index (χ0n) is 20.1. The fraction of sp³-hybridized carbons (Fsp3) is 0.440. The van der Waals surface area contributed by atoms with Gasteiger partial charge in [0.05, 0.1) is 11.4 Å². The summed E-state index contributed by atoms with van der Waals surface area (Å²) in [6.45, 7) is 7.37. The van der Waals surface area contributed by atoms with Gasteiger partial charge in [0.25, 0.3) is 0 Å². The fourth-order valence-electron chi connectivity index (χ4n) is 3.29. The zero-order valence-corrected chi connectivity index (χ0v) is 20.9. The van der Waals surface area contributed by atoms with Crippen molar-refractivity contribution in [2.45, 2.75) is 57.5 Å². The van der Waals surface area contributed by atoms with Gasteiger partial charge in [-0.1, -0.05) is 55.0 Å². The van der Waals surface area contributed by atoms with E-state index in [4.69, 9.17) is 0 Å². The van der Waals surface area contributed by atoms with Gasteiger partial charge < -0.3 is 10.2 Å². The number of aryl methyl sites for hydroxylation is 1. The molecule has 0 bridgehead atoms. The summed E-state index contributed by atoms with van der Waals surface area (Å²) >= 11 is 0. The third kappa shape index (κ3) is 7.40. The van der Waals surface area contributed by atoms with E-state index in [1.54, 1.807) is 19.1 Å². The van der Waals surface area contributed by atoms with E-state index in [1.165, 1.54) is 24.1 Å². The van der Waals surface area contributed by atoms with E-state index in [0.717, 1.165) is 21.9 Å². The first-order chi connectivity index (χ1) is 15.6. The van der Waals surface area contributed by atoms with Gasteiger partial charge in [0.1, 0.15) is 6.04 Å². The van der Waals surface area contributed by atoms with Gasteiger partial charge in [0.2, 0.25) is 21.8 Å². The summed E-state index contributed by atoms with van der Waals surface area (Å²) in [4.78, 5) is 27.6. The van der Waals surface area contributed by atoms with Crippen molar-refractivity contribution in [1.82, 2.24) is 14.5 Å². The molecule has 8 heteroatoms. The zero-order chi connectivity index (χ0) is 24.6. The molecule has 1 N–H and O–H groups in total. The normalized spacial score (nSPS) is 13.4. The van der Waals surface area contributed by atoms with Crippen LogP contribution in [0, 0.1) is 6.92 Å². The summed E-state index contributed by atoms with van der Waals surface area (Å²) < 4.78 is 26.9. The Morgan fingerprint density at radius 3 is 2.18 bits per heavy atom. The smallest absolute Gasteiger partial charge is 0.243 e. The number of rotatable bonds is 11. The third-order valence-electron chi connectivity index (χ3n) is 5.74. The summed E-state index contributed by atoms with van der Waals surface area (Å²) in [5.74, 6) is -0.675. The number of likely N-dealkylation sites (N-methyl/N-ethyl adjacent to an activating group) is 1. The van der Waals surface area contributed by atoms with Crippen LogP contribution in [0.25, 0.3) is 0 Å². The highest BCUT2D eigenvalue weighted by molar-refractivity contribution is 7.89. The van der Waals surface area contributed by atoms with E-state index in [2.05, 4.69) is 5.32 Å². The number of nitrogens with zero attached hydrogens (tertiary/aromatic N) is 2. The van der Waals surface area contributed by atoms with Crippen molar-refractivity contribution in [3.63, 3.8) is 0 Å². The lowest BCUT2D eigenvalue weighted by atomic mass is 10.1. The van der Waals surface area contributed by atoms with Gasteiger partial charge in [-0.2, -0.15) is 4.31 Å². The summed E-state index contributed by atoms with van der Waals surface area (Å²) in [7, 11) is -2.45. The Kier molecular flexibility index (Phi) is 9.61. The first-order valence-corrected chi connectivity index (χ1v) is 12.7. The number of carbonyl (C=O) groups is 2. The number of amides is 2. The molecule has 0 aliphatic heterocycles. The van der Waals surface area contributed by atoms with Gasteiger partial charge in [0.15, 0.2) is 0 Å². The van der Waals surface area contributed by atoms with Crippen LogP contribution in [0.5, 0.6) is 0 Å². The number of carbonyl (C=O) groups excluding carboxylic acids is 2. The lowest BCUT2D eigenvalue weighted by molar-refractivity contribution is -0.140. The van der Waals surface area contributed by atoms with Crippen LogP contribution < -0.4 is 5.32 Å². The van der Waals surface area contributed by atoms with Gasteiger partial charge in [-0.05, 0) is 51.3 Å². The van der Waals surface area contributed by atoms with Crippen LogP contribution >= 0.6 is 0 Å². The second-order valence-corrected chi connectivity index (χ2v) is 10.4. The van der Waals surface area contributed by atoms with Gasteiger partial charge in [-0.25, -0.2) is 8.42 Å². The first-order valence-electron chi connectivity index (χ1n) is 11.2. The van der Waals surface area contributed by atoms with Crippen LogP contribution in [0.3, 0.4) is 0 Å². The number of nitrogens with one attached hydrogen (secondary N) is 1. The topological polar surface area (TPSA) is 86.8 Å². The molecule has 0 unspecified atom stereocenters. The van der Waals surface area contributed by atoms with Crippen LogP contribution in [0.4, 0.5) is 0 Å². The summed E-state index contributed by atoms with van der Waals surface area (Å²) in [6.07, 6.45) is 1.33. The maximum Gasteiger partial charge on any atom is 0.243 e. The molecular weight excluding hydrogens is 438 g/mol. The molecule has 0 saturated carbocycles. The molecule has 0 radical (unpaired) electrons. The lowest BCUT2D eigenvalue weighted by Gasteiger charge is -2.31. The van der Waals surface area contributed by atoms with Crippen LogP contribution in [0.2, 0.25) is 0 Å². The van der Waals surface area contributed by atoms with E-state index in [9.17, 15) is 18.0 Å². The highest BCUT2D eigenvalue weighted by Gasteiger charge is 2.30. The summed E-state index contributed by atoms with van der Waals surface area (Å²) in [5, 5.41) is 2.91. The van der Waals surface area contributed by atoms with Gasteiger partial charge in [-0.3, -0.25) is 9.59 Å². The highest BCUT2D eigenvalue weighted by Crippen LogP contribution is 2.16. The largest absolute Gasteiger partial charge is 0.352 e. The van der Waals surface area contributed by atoms with Crippen molar-refractivity contribution >= 4 is 21.8 Å².